The molecule has 4 aromatic heterocycles. The van der Waals surface area contributed by atoms with Gasteiger partial charge in [-0.3, -0.25) is 42.3 Å². The molecule has 3 aliphatic rings. The highest BCUT2D eigenvalue weighted by Gasteiger charge is 2.51. The van der Waals surface area contributed by atoms with Crippen LogP contribution in [0.2, 0.25) is 0 Å². The van der Waals surface area contributed by atoms with E-state index in [4.69, 9.17) is 33.3 Å². The maximum absolute atomic E-state index is 13.1. The fraction of sp³-hybridized carbons (Fsp3) is 0.455. The minimum absolute atomic E-state index is 0.0458. The summed E-state index contributed by atoms with van der Waals surface area (Å²) < 4.78 is 61.1. The van der Waals surface area contributed by atoms with Crippen LogP contribution in [0.1, 0.15) is 18.9 Å². The molecule has 7 heterocycles. The zero-order valence-corrected chi connectivity index (χ0v) is 25.4. The highest BCUT2D eigenvalue weighted by Crippen LogP contribution is 2.52. The summed E-state index contributed by atoms with van der Waals surface area (Å²) in [6.45, 7) is 1.94. The Balaban J connectivity index is 1.15. The smallest absolute Gasteiger partial charge is 0.472 e. The Morgan fingerprint density at radius 2 is 1.68 bits per heavy atom. The highest BCUT2D eigenvalue weighted by atomic mass is 31.2. The molecule has 0 aromatic carbocycles. The van der Waals surface area contributed by atoms with Crippen LogP contribution in [0.15, 0.2) is 35.0 Å². The van der Waals surface area contributed by atoms with E-state index >= 15 is 0 Å². The summed E-state index contributed by atoms with van der Waals surface area (Å²) in [7, 11) is -10.2. The van der Waals surface area contributed by atoms with Crippen LogP contribution in [0.4, 0.5) is 11.9 Å². The lowest BCUT2D eigenvalue weighted by molar-refractivity contribution is -0.234. The van der Waals surface area contributed by atoms with Crippen molar-refractivity contribution in [3.63, 3.8) is 0 Å². The van der Waals surface area contributed by atoms with Gasteiger partial charge in [0.05, 0.1) is 32.0 Å². The fourth-order valence-corrected chi connectivity index (χ4v) is 7.40. The van der Waals surface area contributed by atoms with E-state index in [1.54, 1.807) is 0 Å². The number of aliphatic hydroxyl groups is 1. The van der Waals surface area contributed by atoms with Crippen LogP contribution in [0.25, 0.3) is 22.3 Å². The number of nitrogens with two attached hydrogens (primary N) is 1. The number of anilines is 2. The first-order chi connectivity index (χ1) is 22.3. The molecule has 0 radical (unpaired) electrons. The number of aromatic nitrogens is 8. The molecule has 252 valence electrons. The van der Waals surface area contributed by atoms with E-state index in [1.165, 1.54) is 17.1 Å². The number of rotatable bonds is 4. The molecule has 7 N–H and O–H groups in total. The first-order valence-corrected chi connectivity index (χ1v) is 16.6. The van der Waals surface area contributed by atoms with Crippen LogP contribution in [-0.4, -0.2) is 92.8 Å². The Bertz CT molecular complexity index is 2080. The Morgan fingerprint density at radius 1 is 1.00 bits per heavy atom. The maximum atomic E-state index is 13.1. The van der Waals surface area contributed by atoms with Gasteiger partial charge in [0.25, 0.3) is 18.9 Å². The molecule has 0 spiro atoms. The van der Waals surface area contributed by atoms with E-state index in [9.17, 15) is 33.6 Å². The van der Waals surface area contributed by atoms with Gasteiger partial charge in [0.2, 0.25) is 11.9 Å². The second-order valence-corrected chi connectivity index (χ2v) is 13.3. The van der Waals surface area contributed by atoms with Crippen molar-refractivity contribution in [3.05, 3.63) is 46.1 Å². The number of hydrogen-bond acceptors (Lipinski definition) is 18. The van der Waals surface area contributed by atoms with Gasteiger partial charge in [-0.1, -0.05) is 6.58 Å². The summed E-state index contributed by atoms with van der Waals surface area (Å²) in [5.41, 5.74) is 4.14. The Morgan fingerprint density at radius 3 is 2.43 bits per heavy atom. The number of nitrogens with zero attached hydrogens (tertiary/aromatic N) is 6. The largest absolute Gasteiger partial charge is 0.756 e. The van der Waals surface area contributed by atoms with Crippen molar-refractivity contribution in [2.45, 2.75) is 49.4 Å². The molecule has 9 atom stereocenters. The van der Waals surface area contributed by atoms with Gasteiger partial charge in [0, 0.05) is 6.42 Å². The molecule has 23 nitrogen and oxygen atoms in total. The third-order valence-electron chi connectivity index (χ3n) is 7.51. The van der Waals surface area contributed by atoms with Gasteiger partial charge in [0.1, 0.15) is 30.6 Å². The lowest BCUT2D eigenvalue weighted by atomic mass is 10.1. The molecule has 0 aliphatic carbocycles. The number of nitrogen functional groups attached to an aromatic ring is 1. The Hall–Kier alpha value is -3.86. The minimum Gasteiger partial charge on any atom is -0.756 e. The summed E-state index contributed by atoms with van der Waals surface area (Å²) in [6.07, 6.45) is -6.62. The third-order valence-corrected chi connectivity index (χ3v) is 9.49. The van der Waals surface area contributed by atoms with Gasteiger partial charge in [-0.05, 0) is 6.20 Å². The lowest BCUT2D eigenvalue weighted by Gasteiger charge is -2.31. The fourth-order valence-electron chi connectivity index (χ4n) is 5.49. The normalized spacial score (nSPS) is 34.8. The summed E-state index contributed by atoms with van der Waals surface area (Å²) in [5.74, 6) is -0.220. The second kappa shape index (κ2) is 11.7. The Kier molecular flexibility index (Phi) is 7.88. The molecule has 3 saturated heterocycles. The summed E-state index contributed by atoms with van der Waals surface area (Å²) in [4.78, 5) is 69.3. The number of nitrogens with one attached hydrogen (secondary N) is 3. The van der Waals surface area contributed by atoms with Crippen LogP contribution >= 0.6 is 15.6 Å². The number of imidazole rings is 2. The van der Waals surface area contributed by atoms with Crippen molar-refractivity contribution in [1.29, 1.82) is 0 Å². The molecule has 0 amide bonds. The molecule has 3 aliphatic heterocycles. The quantitative estimate of drug-likeness (QED) is 0.130. The summed E-state index contributed by atoms with van der Waals surface area (Å²) in [5, 5.41) is 13.8. The van der Waals surface area contributed by atoms with Crippen LogP contribution < -0.4 is 27.1 Å². The molecular weight excluding hydrogens is 674 g/mol. The Labute approximate surface area is 260 Å². The maximum Gasteiger partial charge on any atom is 0.472 e. The topological polar surface area (TPSA) is 318 Å². The van der Waals surface area contributed by atoms with Crippen LogP contribution in [-0.2, 0) is 36.7 Å². The number of phosphoric acid groups is 2. The number of aliphatic hydroxyl groups excluding tert-OH is 1. The number of H-pyrrole nitrogens is 2. The van der Waals surface area contributed by atoms with Crippen molar-refractivity contribution in [1.82, 2.24) is 39.0 Å². The van der Waals surface area contributed by atoms with Crippen molar-refractivity contribution in [2.24, 2.45) is 0 Å². The number of phosphoric ester groups is 2. The molecule has 0 bridgehead atoms. The van der Waals surface area contributed by atoms with Crippen molar-refractivity contribution in [2.75, 3.05) is 24.3 Å². The van der Waals surface area contributed by atoms with Crippen molar-refractivity contribution >= 4 is 49.9 Å². The van der Waals surface area contributed by atoms with E-state index in [2.05, 4.69) is 41.8 Å². The van der Waals surface area contributed by atoms with E-state index in [-0.39, 0.29) is 40.6 Å². The predicted molar refractivity (Wildman–Crippen MR) is 152 cm³/mol. The van der Waals surface area contributed by atoms with E-state index in [0.29, 0.717) is 0 Å². The average Bonchev–Trinajstić information content (AvgIpc) is 3.76. The minimum atomic E-state index is -5.16. The number of fused-ring (bicyclic) bond motifs is 4. The van der Waals surface area contributed by atoms with Crippen molar-refractivity contribution < 1.29 is 51.6 Å². The monoisotopic (exact) mass is 699 g/mol. The molecule has 2 unspecified atom stereocenters. The molecule has 25 heteroatoms. The van der Waals surface area contributed by atoms with Crippen LogP contribution in [0.5, 0.6) is 0 Å². The van der Waals surface area contributed by atoms with Crippen molar-refractivity contribution in [3.8, 4) is 0 Å². The molecule has 0 saturated carbocycles. The van der Waals surface area contributed by atoms with Gasteiger partial charge < -0.3 is 44.5 Å². The van der Waals surface area contributed by atoms with Crippen LogP contribution in [0.3, 0.4) is 0 Å². The molecule has 7 rings (SSSR count). The first kappa shape index (κ1) is 31.7. The average molecular weight is 699 g/mol. The zero-order valence-electron chi connectivity index (χ0n) is 23.6. The van der Waals surface area contributed by atoms with E-state index in [1.807, 2.05) is 0 Å². The number of hydrogen-bond donors (Lipinski definition) is 6. The molecule has 4 aromatic rings. The molecule has 3 fully saturated rings. The number of aromatic amines is 2. The van der Waals surface area contributed by atoms with Gasteiger partial charge in [-0.25, -0.2) is 14.5 Å². The van der Waals surface area contributed by atoms with Gasteiger partial charge in [-0.15, -0.1) is 0 Å². The second-order valence-electron chi connectivity index (χ2n) is 10.5. The lowest BCUT2D eigenvalue weighted by Crippen LogP contribution is -2.38. The third kappa shape index (κ3) is 5.91. The van der Waals surface area contributed by atoms with Gasteiger partial charge >= 0.3 is 7.82 Å². The van der Waals surface area contributed by atoms with E-state index in [0.717, 1.165) is 10.9 Å². The predicted octanol–water partition coefficient (Wildman–Crippen LogP) is -1.68. The van der Waals surface area contributed by atoms with Gasteiger partial charge in [0.15, 0.2) is 28.6 Å². The summed E-state index contributed by atoms with van der Waals surface area (Å²) in [6, 6.07) is 0. The van der Waals surface area contributed by atoms with Gasteiger partial charge in [-0.2, -0.15) is 9.97 Å². The standard InChI is InChI=1S/C22H26N10O13P2/c1-2-24-22-28-17-13(19(35)30-22)25-6-31(17)11-3-8-9(42-11)4-40-47(38,39)45-15-10(5-41-46(36,37)44-8)43-20(14(15)33)32-7-26-12-16(32)27-21(23)29-18(12)34/h2,6-11,14-15,20,33H,1,3-5H2,(H,36,37)(H,38,39)(H3,23,27,29,34)(H2,24,28,30,35)/p-1/t8-,9+,10+,11+,14+,15+,20+/m0/s1. The van der Waals surface area contributed by atoms with Crippen LogP contribution in [0, 0.1) is 0 Å². The SMILES string of the molecule is C=CNc1nc2c(ncn2[C@H]2C[C@@H]3OP(=O)([O-])OC[C@H]4O[C@@H](n5cnc6c(=O)[nH]c(N)nc65)[C@H](O)[C@@H]4OP(=O)(O)OC[C@H]3O2)c(=O)[nH]1. The first-order valence-electron chi connectivity index (χ1n) is 13.7. The van der Waals surface area contributed by atoms with E-state index < -0.39 is 83.0 Å². The molecular formula is C22H25N10O13P2-. The zero-order chi connectivity index (χ0) is 33.2. The number of ether oxygens (including phenoxy) is 2. The highest BCUT2D eigenvalue weighted by molar-refractivity contribution is 7.47. The summed E-state index contributed by atoms with van der Waals surface area (Å²) >= 11 is 0. The molecule has 47 heavy (non-hydrogen) atoms.